The lowest BCUT2D eigenvalue weighted by molar-refractivity contribution is 0.572. The molecule has 1 rings (SSSR count). The van der Waals surface area contributed by atoms with Gasteiger partial charge in [-0.1, -0.05) is 6.07 Å². The van der Waals surface area contributed by atoms with Crippen LogP contribution in [0.1, 0.15) is 12.0 Å². The Morgan fingerprint density at radius 1 is 1.69 bits per heavy atom. The zero-order valence-corrected chi connectivity index (χ0v) is 7.83. The first kappa shape index (κ1) is 9.76. The fourth-order valence-electron chi connectivity index (χ4n) is 1.22. The zero-order chi connectivity index (χ0) is 9.52. The lowest BCUT2D eigenvalue weighted by atomic mass is 10.1. The van der Waals surface area contributed by atoms with Crippen molar-refractivity contribution < 1.29 is 0 Å². The Kier molecular flexibility index (Phi) is 4.01. The first-order chi connectivity index (χ1) is 6.36. The van der Waals surface area contributed by atoms with E-state index in [1.807, 2.05) is 19.3 Å². The normalized spacial score (nSPS) is 12.0. The topological polar surface area (TPSA) is 24.9 Å². The largest absolute Gasteiger partial charge is 0.316 e. The molecule has 1 aromatic rings. The highest BCUT2D eigenvalue weighted by atomic mass is 14.9. The summed E-state index contributed by atoms with van der Waals surface area (Å²) in [7, 11) is 1.93. The minimum atomic E-state index is 0.356. The van der Waals surface area contributed by atoms with Crippen LogP contribution < -0.4 is 5.32 Å². The number of likely N-dealkylation sites (N-methyl/N-ethyl adjacent to an activating group) is 1. The van der Waals surface area contributed by atoms with Crippen LogP contribution in [-0.2, 0) is 6.42 Å². The number of rotatable bonds is 4. The van der Waals surface area contributed by atoms with E-state index >= 15 is 0 Å². The number of hydrogen-bond acceptors (Lipinski definition) is 2. The zero-order valence-electron chi connectivity index (χ0n) is 7.83. The summed E-state index contributed by atoms with van der Waals surface area (Å²) in [5.41, 5.74) is 1.22. The summed E-state index contributed by atoms with van der Waals surface area (Å²) >= 11 is 0. The Balaban J connectivity index is 2.53. The molecular weight excluding hydrogens is 160 g/mol. The van der Waals surface area contributed by atoms with E-state index in [-0.39, 0.29) is 0 Å². The van der Waals surface area contributed by atoms with Crippen LogP contribution in [0.25, 0.3) is 0 Å². The first-order valence-corrected chi connectivity index (χ1v) is 4.36. The third-order valence-electron chi connectivity index (χ3n) is 1.98. The van der Waals surface area contributed by atoms with Gasteiger partial charge >= 0.3 is 0 Å². The SMILES string of the molecule is C#CCC(Cc1cccnc1)NC. The molecule has 1 unspecified atom stereocenters. The molecule has 0 radical (unpaired) electrons. The van der Waals surface area contributed by atoms with Gasteiger partial charge in [0, 0.05) is 24.9 Å². The lowest BCUT2D eigenvalue weighted by Crippen LogP contribution is -2.26. The standard InChI is InChI=1S/C11H14N2/c1-3-5-11(12-2)8-10-6-4-7-13-9-10/h1,4,6-7,9,11-12H,5,8H2,2H3. The van der Waals surface area contributed by atoms with Crippen molar-refractivity contribution in [1.82, 2.24) is 10.3 Å². The minimum absolute atomic E-state index is 0.356. The quantitative estimate of drug-likeness (QED) is 0.695. The smallest absolute Gasteiger partial charge is 0.0300 e. The number of nitrogens with one attached hydrogen (secondary N) is 1. The highest BCUT2D eigenvalue weighted by molar-refractivity contribution is 5.11. The van der Waals surface area contributed by atoms with Crippen LogP contribution in [0.2, 0.25) is 0 Å². The van der Waals surface area contributed by atoms with Crippen molar-refractivity contribution in [3.05, 3.63) is 30.1 Å². The fourth-order valence-corrected chi connectivity index (χ4v) is 1.22. The van der Waals surface area contributed by atoms with E-state index in [4.69, 9.17) is 6.42 Å². The second-order valence-electron chi connectivity index (χ2n) is 2.96. The number of terminal acetylenes is 1. The van der Waals surface area contributed by atoms with Crippen molar-refractivity contribution in [2.24, 2.45) is 0 Å². The summed E-state index contributed by atoms with van der Waals surface area (Å²) in [5.74, 6) is 2.66. The van der Waals surface area contributed by atoms with Crippen LogP contribution in [0, 0.1) is 12.3 Å². The van der Waals surface area contributed by atoms with Crippen LogP contribution in [0.15, 0.2) is 24.5 Å². The molecule has 68 valence electrons. The van der Waals surface area contributed by atoms with Gasteiger partial charge in [0.15, 0.2) is 0 Å². The molecule has 0 aromatic carbocycles. The van der Waals surface area contributed by atoms with E-state index in [9.17, 15) is 0 Å². The van der Waals surface area contributed by atoms with E-state index in [0.717, 1.165) is 12.8 Å². The number of nitrogens with zero attached hydrogens (tertiary/aromatic N) is 1. The summed E-state index contributed by atoms with van der Waals surface area (Å²) < 4.78 is 0. The van der Waals surface area contributed by atoms with Crippen LogP contribution >= 0.6 is 0 Å². The van der Waals surface area contributed by atoms with Crippen LogP contribution in [0.5, 0.6) is 0 Å². The molecule has 0 fully saturated rings. The van der Waals surface area contributed by atoms with Gasteiger partial charge in [-0.3, -0.25) is 4.98 Å². The van der Waals surface area contributed by atoms with Gasteiger partial charge in [-0.05, 0) is 25.1 Å². The van der Waals surface area contributed by atoms with Gasteiger partial charge in [0.1, 0.15) is 0 Å². The second kappa shape index (κ2) is 5.34. The predicted octanol–water partition coefficient (Wildman–Crippen LogP) is 1.24. The molecule has 0 spiro atoms. The van der Waals surface area contributed by atoms with Gasteiger partial charge in [0.2, 0.25) is 0 Å². The molecule has 0 amide bonds. The van der Waals surface area contributed by atoms with Crippen molar-refractivity contribution in [3.8, 4) is 12.3 Å². The first-order valence-electron chi connectivity index (χ1n) is 4.36. The van der Waals surface area contributed by atoms with Crippen molar-refractivity contribution in [1.29, 1.82) is 0 Å². The van der Waals surface area contributed by atoms with E-state index in [0.29, 0.717) is 6.04 Å². The second-order valence-corrected chi connectivity index (χ2v) is 2.96. The molecule has 2 heteroatoms. The van der Waals surface area contributed by atoms with E-state index in [2.05, 4.69) is 22.3 Å². The fraction of sp³-hybridized carbons (Fsp3) is 0.364. The molecule has 1 aromatic heterocycles. The molecule has 1 atom stereocenters. The summed E-state index contributed by atoms with van der Waals surface area (Å²) in [6.45, 7) is 0. The monoisotopic (exact) mass is 174 g/mol. The Hall–Kier alpha value is -1.33. The molecule has 0 saturated heterocycles. The van der Waals surface area contributed by atoms with Gasteiger partial charge in [-0.15, -0.1) is 12.3 Å². The Labute approximate surface area is 79.4 Å². The molecule has 0 bridgehead atoms. The molecule has 0 aliphatic heterocycles. The van der Waals surface area contributed by atoms with E-state index in [1.54, 1.807) is 6.20 Å². The molecule has 0 aliphatic rings. The Morgan fingerprint density at radius 2 is 2.54 bits per heavy atom. The summed E-state index contributed by atoms with van der Waals surface area (Å²) in [4.78, 5) is 4.05. The average molecular weight is 174 g/mol. The van der Waals surface area contributed by atoms with E-state index in [1.165, 1.54) is 5.56 Å². The molecule has 0 aliphatic carbocycles. The highest BCUT2D eigenvalue weighted by Gasteiger charge is 2.04. The molecule has 13 heavy (non-hydrogen) atoms. The lowest BCUT2D eigenvalue weighted by Gasteiger charge is -2.12. The van der Waals surface area contributed by atoms with Gasteiger partial charge in [0.25, 0.3) is 0 Å². The maximum atomic E-state index is 5.25. The summed E-state index contributed by atoms with van der Waals surface area (Å²) in [6, 6.07) is 4.36. The molecule has 1 heterocycles. The predicted molar refractivity (Wildman–Crippen MR) is 54.2 cm³/mol. The third kappa shape index (κ3) is 3.27. The third-order valence-corrected chi connectivity index (χ3v) is 1.98. The number of aromatic nitrogens is 1. The van der Waals surface area contributed by atoms with Crippen LogP contribution in [0.3, 0.4) is 0 Å². The van der Waals surface area contributed by atoms with Gasteiger partial charge in [-0.25, -0.2) is 0 Å². The van der Waals surface area contributed by atoms with Gasteiger partial charge in [0.05, 0.1) is 0 Å². The molecular formula is C11H14N2. The van der Waals surface area contributed by atoms with Crippen molar-refractivity contribution in [2.45, 2.75) is 18.9 Å². The molecule has 1 N–H and O–H groups in total. The summed E-state index contributed by atoms with van der Waals surface area (Å²) in [5, 5.41) is 3.18. The maximum Gasteiger partial charge on any atom is 0.0300 e. The highest BCUT2D eigenvalue weighted by Crippen LogP contribution is 2.03. The van der Waals surface area contributed by atoms with Crippen molar-refractivity contribution in [2.75, 3.05) is 7.05 Å². The van der Waals surface area contributed by atoms with Crippen molar-refractivity contribution >= 4 is 0 Å². The number of pyridine rings is 1. The molecule has 0 saturated carbocycles. The van der Waals surface area contributed by atoms with Gasteiger partial charge < -0.3 is 5.32 Å². The maximum absolute atomic E-state index is 5.25. The minimum Gasteiger partial charge on any atom is -0.316 e. The molecule has 2 nitrogen and oxygen atoms in total. The van der Waals surface area contributed by atoms with Crippen LogP contribution in [0.4, 0.5) is 0 Å². The number of hydrogen-bond donors (Lipinski definition) is 1. The Bertz CT molecular complexity index is 274. The van der Waals surface area contributed by atoms with Crippen molar-refractivity contribution in [3.63, 3.8) is 0 Å². The van der Waals surface area contributed by atoms with Crippen LogP contribution in [-0.4, -0.2) is 18.1 Å². The van der Waals surface area contributed by atoms with Gasteiger partial charge in [-0.2, -0.15) is 0 Å². The van der Waals surface area contributed by atoms with E-state index < -0.39 is 0 Å². The Morgan fingerprint density at radius 3 is 3.08 bits per heavy atom. The average Bonchev–Trinajstić information content (AvgIpc) is 2.19. The summed E-state index contributed by atoms with van der Waals surface area (Å²) in [6.07, 6.45) is 10.6.